The number of epoxide rings is 1. The lowest BCUT2D eigenvalue weighted by Gasteiger charge is -2.41. The molecule has 23 heteroatoms. The Morgan fingerprint density at radius 3 is 2.31 bits per heavy atom. The zero-order chi connectivity index (χ0) is 63.2. The van der Waals surface area contributed by atoms with Gasteiger partial charge in [0, 0.05) is 58.8 Å². The van der Waals surface area contributed by atoms with E-state index in [1.54, 1.807) is 64.1 Å². The van der Waals surface area contributed by atoms with Crippen molar-refractivity contribution >= 4 is 76.3 Å². The first-order valence-electron chi connectivity index (χ1n) is 29.8. The van der Waals surface area contributed by atoms with Crippen LogP contribution in [-0.2, 0) is 58.9 Å². The number of rotatable bonds is 24. The molecule has 86 heavy (non-hydrogen) atoms. The summed E-state index contributed by atoms with van der Waals surface area (Å²) in [5.41, 5.74) is 4.19. The first-order chi connectivity index (χ1) is 40.7. The molecule has 0 aromatic heterocycles. The number of amides is 7. The number of hydrogen-bond donors (Lipinski definition) is 6. The number of anilines is 2. The molecule has 2 saturated heterocycles. The predicted molar refractivity (Wildman–Crippen MR) is 322 cm³/mol. The molecule has 4 aliphatic rings. The van der Waals surface area contributed by atoms with E-state index in [1.807, 2.05) is 13.0 Å². The molecule has 2 aromatic carbocycles. The summed E-state index contributed by atoms with van der Waals surface area (Å²) in [4.78, 5) is 125. The molecule has 22 nitrogen and oxygen atoms in total. The van der Waals surface area contributed by atoms with Gasteiger partial charge in [0.25, 0.3) is 5.91 Å². The van der Waals surface area contributed by atoms with Crippen LogP contribution in [-0.4, -0.2) is 152 Å². The van der Waals surface area contributed by atoms with Crippen molar-refractivity contribution in [2.45, 2.75) is 192 Å². The number of primary amides is 1. The molecule has 1 aliphatic carbocycles. The second-order valence-electron chi connectivity index (χ2n) is 24.0. The van der Waals surface area contributed by atoms with E-state index in [-0.39, 0.29) is 72.7 Å². The number of ketones is 1. The third-order valence-electron chi connectivity index (χ3n) is 17.1. The molecule has 7 N–H and O–H groups in total. The average Bonchev–Trinajstić information content (AvgIpc) is 1.79. The van der Waals surface area contributed by atoms with Gasteiger partial charge < -0.3 is 65.6 Å². The highest BCUT2D eigenvalue weighted by molar-refractivity contribution is 6.35. The second kappa shape index (κ2) is 30.7. The summed E-state index contributed by atoms with van der Waals surface area (Å²) >= 11 is 6.87. The summed E-state index contributed by atoms with van der Waals surface area (Å²) in [6, 6.07) is 5.21. The Morgan fingerprint density at radius 2 is 1.66 bits per heavy atom. The number of nitrogens with one attached hydrogen (secondary N) is 4. The zero-order valence-electron chi connectivity index (χ0n) is 51.3. The molecular weight excluding hydrogens is 1130 g/mol. The van der Waals surface area contributed by atoms with Gasteiger partial charge in [-0.2, -0.15) is 0 Å². The van der Waals surface area contributed by atoms with Gasteiger partial charge in [-0.25, -0.2) is 9.59 Å². The van der Waals surface area contributed by atoms with Gasteiger partial charge >= 0.3 is 18.0 Å². The number of halogens is 1. The molecule has 1 saturated carbocycles. The quantitative estimate of drug-likeness (QED) is 0.0358. The van der Waals surface area contributed by atoms with Gasteiger partial charge in [0.1, 0.15) is 64.2 Å². The summed E-state index contributed by atoms with van der Waals surface area (Å²) in [6.45, 7) is 10.4. The zero-order valence-corrected chi connectivity index (χ0v) is 52.1. The fourth-order valence-electron chi connectivity index (χ4n) is 11.3. The van der Waals surface area contributed by atoms with Crippen LogP contribution in [0, 0.1) is 17.8 Å². The molecule has 0 unspecified atom stereocenters. The summed E-state index contributed by atoms with van der Waals surface area (Å²) in [7, 11) is 5.79. The van der Waals surface area contributed by atoms with Gasteiger partial charge in [-0.05, 0) is 101 Å². The van der Waals surface area contributed by atoms with Crippen molar-refractivity contribution in [1.82, 2.24) is 20.9 Å². The topological polar surface area (TPSA) is 304 Å². The number of Topliss-reactive ketones (excluding diaryl/α,β-unsaturated/α-hetero) is 1. The van der Waals surface area contributed by atoms with Crippen LogP contribution in [0.25, 0.3) is 0 Å². The number of para-hydroxylation sites is 1. The van der Waals surface area contributed by atoms with Crippen LogP contribution >= 0.6 is 11.6 Å². The maximum absolute atomic E-state index is 14.6. The second-order valence-corrected chi connectivity index (χ2v) is 24.3. The highest BCUT2D eigenvalue weighted by atomic mass is 35.5. The molecule has 3 aliphatic heterocycles. The normalized spacial score (nSPS) is 25.3. The molecule has 472 valence electrons. The van der Waals surface area contributed by atoms with E-state index in [0.29, 0.717) is 36.5 Å². The minimum absolute atomic E-state index is 0.00525. The SMILES string of the molecule is COc1cc2cc(c1Cl)N(C)C(=O)C[C@H](OC(=O)[C@H](C)N(C)C(=O)c1ccccc1NC(=O)[C@H](CCCNC(N)=O)NC(=O)[C@@H](NC(=O)CCCCCCC(=O)C1CCC1)C(C)C)[C@]1(C)O[C@H]1[C@H](C)[C@@H]1C[C@@](O)(CC(=O)O1)[C@H](OC)/C=C/C=C(\C)C2. The van der Waals surface area contributed by atoms with Gasteiger partial charge in [-0.1, -0.05) is 87.6 Å². The van der Waals surface area contributed by atoms with Crippen molar-refractivity contribution in [3.8, 4) is 5.75 Å². The Hall–Kier alpha value is -6.88. The number of hydrogen-bond acceptors (Lipinski definition) is 15. The number of benzene rings is 2. The Balaban J connectivity index is 1.19. The maximum Gasteiger partial charge on any atom is 0.328 e. The number of nitrogens with two attached hydrogens (primary N) is 1. The molecule has 10 atom stereocenters. The number of carbonyl (C=O) groups excluding carboxylic acids is 9. The summed E-state index contributed by atoms with van der Waals surface area (Å²) in [6.07, 6.45) is 7.83. The number of likely N-dealkylation sites (N-methyl/N-ethyl adjacent to an activating group) is 1. The smallest absolute Gasteiger partial charge is 0.328 e. The predicted octanol–water partition coefficient (Wildman–Crippen LogP) is 6.80. The van der Waals surface area contributed by atoms with Crippen LogP contribution < -0.4 is 36.6 Å². The van der Waals surface area contributed by atoms with Crippen molar-refractivity contribution < 1.29 is 71.9 Å². The lowest BCUT2D eigenvalue weighted by molar-refractivity contribution is -0.187. The molecule has 3 heterocycles. The van der Waals surface area contributed by atoms with Crippen LogP contribution in [0.2, 0.25) is 5.02 Å². The molecule has 2 aromatic rings. The summed E-state index contributed by atoms with van der Waals surface area (Å²) in [5, 5.41) is 23.0. The Kier molecular flexibility index (Phi) is 24.3. The van der Waals surface area contributed by atoms with E-state index in [2.05, 4.69) is 21.3 Å². The summed E-state index contributed by atoms with van der Waals surface area (Å²) in [5.74, 6) is -4.69. The number of urea groups is 1. The van der Waals surface area contributed by atoms with Crippen LogP contribution in [0.1, 0.15) is 147 Å². The van der Waals surface area contributed by atoms with E-state index in [4.69, 9.17) is 41.0 Å². The number of esters is 2. The van der Waals surface area contributed by atoms with Gasteiger partial charge in [0.15, 0.2) is 0 Å². The molecule has 7 amide bonds. The van der Waals surface area contributed by atoms with Crippen molar-refractivity contribution in [2.75, 3.05) is 45.1 Å². The van der Waals surface area contributed by atoms with Crippen LogP contribution in [0.15, 0.2) is 60.2 Å². The number of ether oxygens (including phenoxy) is 5. The lowest BCUT2D eigenvalue weighted by Crippen LogP contribution is -2.54. The lowest BCUT2D eigenvalue weighted by atomic mass is 9.78. The third kappa shape index (κ3) is 17.6. The number of methoxy groups -OCH3 is 2. The van der Waals surface area contributed by atoms with E-state index in [9.17, 15) is 48.3 Å². The summed E-state index contributed by atoms with van der Waals surface area (Å²) < 4.78 is 29.9. The van der Waals surface area contributed by atoms with Crippen LogP contribution in [0.3, 0.4) is 0 Å². The number of fused-ring (bicyclic) bond motifs is 5. The average molecular weight is 1220 g/mol. The minimum Gasteiger partial charge on any atom is -0.495 e. The van der Waals surface area contributed by atoms with Gasteiger partial charge in [-0.15, -0.1) is 0 Å². The van der Waals surface area contributed by atoms with Crippen molar-refractivity contribution in [1.29, 1.82) is 0 Å². The molecule has 0 spiro atoms. The first-order valence-corrected chi connectivity index (χ1v) is 30.2. The number of unbranched alkanes of at least 4 members (excludes halogenated alkanes) is 3. The van der Waals surface area contributed by atoms with Crippen LogP contribution in [0.5, 0.6) is 5.75 Å². The van der Waals surface area contributed by atoms with Gasteiger partial charge in [-0.3, -0.25) is 33.6 Å². The number of allylic oxidation sites excluding steroid dienone is 3. The fourth-order valence-corrected chi connectivity index (χ4v) is 11.6. The number of nitrogens with zero attached hydrogens (tertiary/aromatic N) is 2. The van der Waals surface area contributed by atoms with E-state index in [1.165, 1.54) is 52.3 Å². The molecule has 4 bridgehead atoms. The van der Waals surface area contributed by atoms with E-state index in [0.717, 1.165) is 54.6 Å². The van der Waals surface area contributed by atoms with Gasteiger partial charge in [0.05, 0.1) is 43.0 Å². The Labute approximate surface area is 509 Å². The van der Waals surface area contributed by atoms with Gasteiger partial charge in [0.2, 0.25) is 23.6 Å². The number of aliphatic hydroxyl groups is 1. The highest BCUT2D eigenvalue weighted by Crippen LogP contribution is 2.50. The van der Waals surface area contributed by atoms with E-state index < -0.39 is 108 Å². The highest BCUT2D eigenvalue weighted by Gasteiger charge is 2.64. The van der Waals surface area contributed by atoms with E-state index >= 15 is 0 Å². The van der Waals surface area contributed by atoms with Crippen molar-refractivity contribution in [3.05, 3.63) is 76.3 Å². The minimum atomic E-state index is -1.67. The third-order valence-corrected chi connectivity index (χ3v) is 17.5. The van der Waals surface area contributed by atoms with Crippen molar-refractivity contribution in [3.63, 3.8) is 0 Å². The first kappa shape index (κ1) is 68.2. The molecule has 3 fully saturated rings. The Bertz CT molecular complexity index is 2880. The van der Waals surface area contributed by atoms with Crippen molar-refractivity contribution in [2.24, 2.45) is 23.5 Å². The van der Waals surface area contributed by atoms with Crippen LogP contribution in [0.4, 0.5) is 16.2 Å². The Morgan fingerprint density at radius 1 is 0.965 bits per heavy atom. The maximum atomic E-state index is 14.6. The monoisotopic (exact) mass is 1220 g/mol. The number of carbonyl (C=O) groups is 9. The standard InChI is InChI=1S/C63H88ClN7O15/c1-36(2)55(69-51(73)28-14-12-11-13-26-46(72)41-21-18-22-41)58(77)68-44(25-19-29-66-61(65)80)57(76)67-43-24-16-15-23-42(43)59(78)70(7)39(5)60(79)85-50-33-52(74)71(8)45-31-40(32-47(82-9)54(45)64)30-37(3)20-17-27-49(83-10)63(81)34-48(84-53(75)35-63)38(4)56-62(50,6)86-56/h15-17,20,23-24,27,31-32,36,38-39,41,44,48-50,55-56,81H,11-14,18-19,21-22,25-26,28-30,33-35H2,1-10H3,(H,67,76)(H,68,77)(H,69,73)(H3,65,66,80)/b27-17+,37-20+/t38-,39+,44+,48+,49-,50+,55+,56+,62+,63-/m1/s1. The fraction of sp³-hybridized carbons (Fsp3) is 0.603. The molecular formula is C63H88ClN7O15. The molecule has 6 rings (SSSR count). The molecule has 0 radical (unpaired) electrons. The largest absolute Gasteiger partial charge is 0.495 e.